The smallest absolute Gasteiger partial charge is 0.236 e. The number of carbonyl (C=O) groups is 1. The predicted molar refractivity (Wildman–Crippen MR) is 83.4 cm³/mol. The summed E-state index contributed by atoms with van der Waals surface area (Å²) >= 11 is 0. The molecule has 1 amide bonds. The molecule has 0 aliphatic heterocycles. The van der Waals surface area contributed by atoms with Crippen LogP contribution in [0.3, 0.4) is 0 Å². The van der Waals surface area contributed by atoms with Crippen molar-refractivity contribution in [1.29, 1.82) is 0 Å². The Hall–Kier alpha value is -0.570. The van der Waals surface area contributed by atoms with Gasteiger partial charge in [-0.1, -0.05) is 39.5 Å². The van der Waals surface area contributed by atoms with Crippen LogP contribution in [-0.4, -0.2) is 36.0 Å². The molecule has 0 aromatic carbocycles. The summed E-state index contributed by atoms with van der Waals surface area (Å²) in [6, 6.07) is 0. The Morgan fingerprint density at radius 3 is 1.79 bits per heavy atom. The molecule has 3 nitrogen and oxygen atoms in total. The highest BCUT2D eigenvalue weighted by Crippen LogP contribution is 2.04. The third kappa shape index (κ3) is 11.0. The number of carbonyl (C=O) groups excluding carboxylic acids is 1. The van der Waals surface area contributed by atoms with Crippen LogP contribution in [0.1, 0.15) is 73.1 Å². The van der Waals surface area contributed by atoms with Crippen LogP contribution in [0.15, 0.2) is 0 Å². The van der Waals surface area contributed by atoms with E-state index in [1.54, 1.807) is 0 Å². The van der Waals surface area contributed by atoms with Gasteiger partial charge < -0.3 is 10.2 Å². The average Bonchev–Trinajstić information content (AvgIpc) is 2.33. The first kappa shape index (κ1) is 18.4. The molecule has 0 spiro atoms. The van der Waals surface area contributed by atoms with E-state index in [0.717, 1.165) is 25.9 Å². The first-order valence-electron chi connectivity index (χ1n) is 7.93. The van der Waals surface area contributed by atoms with Crippen molar-refractivity contribution in [3.63, 3.8) is 0 Å². The zero-order chi connectivity index (χ0) is 14.7. The molecule has 1 N–H and O–H groups in total. The van der Waals surface area contributed by atoms with Gasteiger partial charge in [-0.3, -0.25) is 4.79 Å². The van der Waals surface area contributed by atoms with E-state index >= 15 is 0 Å². The summed E-state index contributed by atoms with van der Waals surface area (Å²) in [6.07, 6.45) is 7.09. The lowest BCUT2D eigenvalue weighted by Gasteiger charge is -2.26. The average molecular weight is 270 g/mol. The first-order chi connectivity index (χ1) is 8.90. The topological polar surface area (TPSA) is 32.3 Å². The van der Waals surface area contributed by atoms with Gasteiger partial charge >= 0.3 is 0 Å². The fourth-order valence-electron chi connectivity index (χ4n) is 1.92. The second-order valence-electron chi connectivity index (χ2n) is 6.40. The van der Waals surface area contributed by atoms with Crippen molar-refractivity contribution < 1.29 is 4.79 Å². The maximum atomic E-state index is 12.2. The molecule has 0 fully saturated rings. The Morgan fingerprint density at radius 1 is 0.947 bits per heavy atom. The van der Waals surface area contributed by atoms with E-state index in [0.29, 0.717) is 6.54 Å². The van der Waals surface area contributed by atoms with Crippen LogP contribution in [0.2, 0.25) is 0 Å². The molecule has 3 heteroatoms. The van der Waals surface area contributed by atoms with E-state index < -0.39 is 0 Å². The molecule has 0 heterocycles. The second kappa shape index (κ2) is 10.2. The summed E-state index contributed by atoms with van der Waals surface area (Å²) in [5.74, 6) is 0.252. The van der Waals surface area contributed by atoms with E-state index in [1.807, 2.05) is 4.90 Å². The fourth-order valence-corrected chi connectivity index (χ4v) is 1.92. The van der Waals surface area contributed by atoms with Crippen LogP contribution in [-0.2, 0) is 4.79 Å². The van der Waals surface area contributed by atoms with Gasteiger partial charge in [-0.05, 0) is 33.6 Å². The van der Waals surface area contributed by atoms with Gasteiger partial charge in [-0.25, -0.2) is 0 Å². The molecule has 0 aliphatic rings. The summed E-state index contributed by atoms with van der Waals surface area (Å²) < 4.78 is 0. The van der Waals surface area contributed by atoms with E-state index in [2.05, 4.69) is 39.9 Å². The second-order valence-corrected chi connectivity index (χ2v) is 6.40. The Bertz CT molecular complexity index is 223. The van der Waals surface area contributed by atoms with Gasteiger partial charge in [-0.2, -0.15) is 0 Å². The highest BCUT2D eigenvalue weighted by Gasteiger charge is 2.16. The minimum Gasteiger partial charge on any atom is -0.342 e. The maximum Gasteiger partial charge on any atom is 0.236 e. The fraction of sp³-hybridized carbons (Fsp3) is 0.938. The molecule has 114 valence electrons. The van der Waals surface area contributed by atoms with Crippen LogP contribution >= 0.6 is 0 Å². The van der Waals surface area contributed by atoms with Crippen LogP contribution < -0.4 is 5.32 Å². The number of unbranched alkanes of at least 4 members (excludes halogenated alkanes) is 4. The van der Waals surface area contributed by atoms with E-state index in [1.165, 1.54) is 25.7 Å². The molecule has 0 saturated heterocycles. The quantitative estimate of drug-likeness (QED) is 0.615. The Balaban J connectivity index is 4.15. The minimum atomic E-state index is 0.00810. The summed E-state index contributed by atoms with van der Waals surface area (Å²) in [5.41, 5.74) is 0.00810. The Labute approximate surface area is 120 Å². The highest BCUT2D eigenvalue weighted by molar-refractivity contribution is 5.78. The van der Waals surface area contributed by atoms with Gasteiger partial charge in [0.1, 0.15) is 0 Å². The van der Waals surface area contributed by atoms with Gasteiger partial charge in [0.15, 0.2) is 0 Å². The third-order valence-corrected chi connectivity index (χ3v) is 3.19. The lowest BCUT2D eigenvalue weighted by molar-refractivity contribution is -0.130. The number of nitrogens with one attached hydrogen (secondary N) is 1. The third-order valence-electron chi connectivity index (χ3n) is 3.19. The normalized spacial score (nSPS) is 11.6. The summed E-state index contributed by atoms with van der Waals surface area (Å²) in [7, 11) is 0. The standard InChI is InChI=1S/C16H34N2O/c1-6-8-10-12-18(13-11-9-7-2)15(19)14-17-16(3,4)5/h17H,6-14H2,1-5H3. The zero-order valence-electron chi connectivity index (χ0n) is 13.7. The molecule has 0 aromatic heterocycles. The van der Waals surface area contributed by atoms with Gasteiger partial charge in [0.25, 0.3) is 0 Å². The van der Waals surface area contributed by atoms with Crippen molar-refractivity contribution in [2.75, 3.05) is 19.6 Å². The Kier molecular flexibility index (Phi) is 9.94. The Morgan fingerprint density at radius 2 is 1.42 bits per heavy atom. The molecule has 0 rings (SSSR count). The molecular formula is C16H34N2O. The largest absolute Gasteiger partial charge is 0.342 e. The van der Waals surface area contributed by atoms with Gasteiger partial charge in [0, 0.05) is 18.6 Å². The van der Waals surface area contributed by atoms with Crippen molar-refractivity contribution in [2.45, 2.75) is 78.7 Å². The molecule has 0 aromatic rings. The number of hydrogen-bond acceptors (Lipinski definition) is 2. The number of hydrogen-bond donors (Lipinski definition) is 1. The highest BCUT2D eigenvalue weighted by atomic mass is 16.2. The molecule has 0 aliphatic carbocycles. The molecule has 0 bridgehead atoms. The van der Waals surface area contributed by atoms with Crippen LogP contribution in [0.4, 0.5) is 0 Å². The molecule has 19 heavy (non-hydrogen) atoms. The number of rotatable bonds is 10. The van der Waals surface area contributed by atoms with Crippen molar-refractivity contribution in [2.24, 2.45) is 0 Å². The predicted octanol–water partition coefficient (Wildman–Crippen LogP) is 3.58. The van der Waals surface area contributed by atoms with E-state index in [9.17, 15) is 4.79 Å². The van der Waals surface area contributed by atoms with Gasteiger partial charge in [0.05, 0.1) is 6.54 Å². The lowest BCUT2D eigenvalue weighted by atomic mass is 10.1. The van der Waals surface area contributed by atoms with Crippen molar-refractivity contribution in [1.82, 2.24) is 10.2 Å². The first-order valence-corrected chi connectivity index (χ1v) is 7.93. The van der Waals surface area contributed by atoms with Gasteiger partial charge in [-0.15, -0.1) is 0 Å². The van der Waals surface area contributed by atoms with E-state index in [-0.39, 0.29) is 11.4 Å². The van der Waals surface area contributed by atoms with E-state index in [4.69, 9.17) is 0 Å². The maximum absolute atomic E-state index is 12.2. The molecule has 0 radical (unpaired) electrons. The number of nitrogens with zero attached hydrogens (tertiary/aromatic N) is 1. The van der Waals surface area contributed by atoms with Crippen LogP contribution in [0.5, 0.6) is 0 Å². The zero-order valence-corrected chi connectivity index (χ0v) is 13.7. The van der Waals surface area contributed by atoms with Crippen molar-refractivity contribution >= 4 is 5.91 Å². The SMILES string of the molecule is CCCCCN(CCCCC)C(=O)CNC(C)(C)C. The summed E-state index contributed by atoms with van der Waals surface area (Å²) in [5, 5.41) is 3.29. The van der Waals surface area contributed by atoms with Crippen molar-refractivity contribution in [3.8, 4) is 0 Å². The van der Waals surface area contributed by atoms with Crippen molar-refractivity contribution in [3.05, 3.63) is 0 Å². The summed E-state index contributed by atoms with van der Waals surface area (Å²) in [6.45, 7) is 13.0. The molecular weight excluding hydrogens is 236 g/mol. The van der Waals surface area contributed by atoms with Crippen LogP contribution in [0, 0.1) is 0 Å². The molecule has 0 saturated carbocycles. The monoisotopic (exact) mass is 270 g/mol. The molecule has 0 atom stereocenters. The van der Waals surface area contributed by atoms with Crippen LogP contribution in [0.25, 0.3) is 0 Å². The molecule has 0 unspecified atom stereocenters. The summed E-state index contributed by atoms with van der Waals surface area (Å²) in [4.78, 5) is 14.3. The minimum absolute atomic E-state index is 0.00810. The lowest BCUT2D eigenvalue weighted by Crippen LogP contribution is -2.45. The number of amides is 1. The van der Waals surface area contributed by atoms with Gasteiger partial charge in [0.2, 0.25) is 5.91 Å².